The molecule has 1 aromatic heterocycles. The molecule has 0 saturated heterocycles. The van der Waals surface area contributed by atoms with Gasteiger partial charge in [-0.25, -0.2) is 8.42 Å². The van der Waals surface area contributed by atoms with Gasteiger partial charge in [0.15, 0.2) is 0 Å². The number of rotatable bonds is 5. The predicted octanol–water partition coefficient (Wildman–Crippen LogP) is 4.99. The lowest BCUT2D eigenvalue weighted by atomic mass is 9.87. The number of carbonyl (C=O) groups is 1. The number of nitrogens with one attached hydrogen (secondary N) is 2. The summed E-state index contributed by atoms with van der Waals surface area (Å²) < 4.78 is 33.0. The minimum absolute atomic E-state index is 0.0889. The molecule has 0 aliphatic heterocycles. The number of halogens is 1. The highest BCUT2D eigenvalue weighted by atomic mass is 35.5. The number of hydrogen-bond donors (Lipinski definition) is 2. The van der Waals surface area contributed by atoms with Crippen LogP contribution in [0.15, 0.2) is 58.1 Å². The molecule has 0 bridgehead atoms. The van der Waals surface area contributed by atoms with E-state index < -0.39 is 15.9 Å². The SMILES string of the molecule is Cc1oncc1C(=O)Nc1ccc(Cl)c(NS(=O)(=O)c2ccc(C(C)(C)C)cc2)c1. The summed E-state index contributed by atoms with van der Waals surface area (Å²) in [4.78, 5) is 12.4. The van der Waals surface area contributed by atoms with Crippen molar-refractivity contribution in [1.82, 2.24) is 5.16 Å². The summed E-state index contributed by atoms with van der Waals surface area (Å²) in [7, 11) is -3.87. The highest BCUT2D eigenvalue weighted by Crippen LogP contribution is 2.29. The third-order valence-corrected chi connectivity index (χ3v) is 6.21. The second kappa shape index (κ2) is 8.12. The Hall–Kier alpha value is -2.84. The van der Waals surface area contributed by atoms with Crippen LogP contribution >= 0.6 is 11.6 Å². The van der Waals surface area contributed by atoms with Gasteiger partial charge in [0.25, 0.3) is 15.9 Å². The fourth-order valence-electron chi connectivity index (χ4n) is 2.73. The number of carbonyl (C=O) groups excluding carboxylic acids is 1. The molecule has 1 amide bonds. The second-order valence-corrected chi connectivity index (χ2v) is 9.91. The van der Waals surface area contributed by atoms with Crippen molar-refractivity contribution in [2.24, 2.45) is 0 Å². The van der Waals surface area contributed by atoms with E-state index in [-0.39, 0.29) is 26.6 Å². The van der Waals surface area contributed by atoms with Gasteiger partial charge in [-0.05, 0) is 48.2 Å². The Balaban J connectivity index is 1.83. The van der Waals surface area contributed by atoms with Gasteiger partial charge in [0.2, 0.25) is 0 Å². The molecule has 3 aromatic rings. The van der Waals surface area contributed by atoms with Gasteiger partial charge in [0.1, 0.15) is 11.3 Å². The number of sulfonamides is 1. The highest BCUT2D eigenvalue weighted by Gasteiger charge is 2.19. The monoisotopic (exact) mass is 447 g/mol. The zero-order chi connectivity index (χ0) is 22.1. The first-order chi connectivity index (χ1) is 14.0. The van der Waals surface area contributed by atoms with Crippen molar-refractivity contribution in [3.05, 3.63) is 70.6 Å². The molecule has 0 aliphatic rings. The van der Waals surface area contributed by atoms with E-state index in [9.17, 15) is 13.2 Å². The van der Waals surface area contributed by atoms with Crippen LogP contribution in [0.5, 0.6) is 0 Å². The molecular weight excluding hydrogens is 426 g/mol. The molecule has 1 heterocycles. The topological polar surface area (TPSA) is 101 Å². The third kappa shape index (κ3) is 4.83. The van der Waals surface area contributed by atoms with Crippen molar-refractivity contribution in [3.8, 4) is 0 Å². The lowest BCUT2D eigenvalue weighted by molar-refractivity contribution is 0.102. The molecule has 0 fully saturated rings. The van der Waals surface area contributed by atoms with Crippen LogP contribution in [0.1, 0.15) is 42.5 Å². The van der Waals surface area contributed by atoms with Crippen molar-refractivity contribution in [2.75, 3.05) is 10.0 Å². The second-order valence-electron chi connectivity index (χ2n) is 7.82. The fourth-order valence-corrected chi connectivity index (χ4v) is 4.03. The average Bonchev–Trinajstić information content (AvgIpc) is 3.10. The van der Waals surface area contributed by atoms with E-state index in [0.29, 0.717) is 11.4 Å². The summed E-state index contributed by atoms with van der Waals surface area (Å²) >= 11 is 6.17. The van der Waals surface area contributed by atoms with Gasteiger partial charge in [0.05, 0.1) is 21.8 Å². The molecule has 0 radical (unpaired) electrons. The Labute approximate surface area is 180 Å². The summed E-state index contributed by atoms with van der Waals surface area (Å²) in [6, 6.07) is 11.2. The standard InChI is InChI=1S/C21H22ClN3O4S/c1-13-17(12-23-29-13)20(26)24-15-7-10-18(22)19(11-15)25-30(27,28)16-8-5-14(6-9-16)21(2,3)4/h5-12,25H,1-4H3,(H,24,26). The summed E-state index contributed by atoms with van der Waals surface area (Å²) in [5.41, 5.74) is 1.73. The highest BCUT2D eigenvalue weighted by molar-refractivity contribution is 7.92. The summed E-state index contributed by atoms with van der Waals surface area (Å²) in [6.45, 7) is 7.77. The van der Waals surface area contributed by atoms with Gasteiger partial charge in [-0.15, -0.1) is 0 Å². The minimum atomic E-state index is -3.87. The Kier molecular flexibility index (Phi) is 5.92. The lowest BCUT2D eigenvalue weighted by Gasteiger charge is -2.19. The Bertz CT molecular complexity index is 1180. The van der Waals surface area contributed by atoms with Gasteiger partial charge in [-0.3, -0.25) is 9.52 Å². The van der Waals surface area contributed by atoms with Gasteiger partial charge in [-0.1, -0.05) is 49.7 Å². The lowest BCUT2D eigenvalue weighted by Crippen LogP contribution is -2.16. The van der Waals surface area contributed by atoms with Crippen LogP contribution in [0.3, 0.4) is 0 Å². The fraction of sp³-hybridized carbons (Fsp3) is 0.238. The van der Waals surface area contributed by atoms with E-state index in [1.54, 1.807) is 37.3 Å². The Morgan fingerprint density at radius 2 is 1.77 bits per heavy atom. The number of aryl methyl sites for hydroxylation is 1. The average molecular weight is 448 g/mol. The molecule has 9 heteroatoms. The van der Waals surface area contributed by atoms with E-state index in [1.165, 1.54) is 18.3 Å². The van der Waals surface area contributed by atoms with Gasteiger partial charge in [-0.2, -0.15) is 0 Å². The first-order valence-electron chi connectivity index (χ1n) is 9.13. The van der Waals surface area contributed by atoms with Crippen molar-refractivity contribution >= 4 is 38.9 Å². The first kappa shape index (κ1) is 21.9. The van der Waals surface area contributed by atoms with Crippen molar-refractivity contribution in [3.63, 3.8) is 0 Å². The maximum Gasteiger partial charge on any atom is 0.261 e. The zero-order valence-electron chi connectivity index (χ0n) is 17.0. The number of hydrogen-bond acceptors (Lipinski definition) is 5. The molecule has 0 aliphatic carbocycles. The van der Waals surface area contributed by atoms with E-state index in [0.717, 1.165) is 5.56 Å². The van der Waals surface area contributed by atoms with E-state index >= 15 is 0 Å². The normalized spacial score (nSPS) is 11.9. The summed E-state index contributed by atoms with van der Waals surface area (Å²) in [5, 5.41) is 6.44. The maximum absolute atomic E-state index is 12.8. The quantitative estimate of drug-likeness (QED) is 0.573. The number of benzene rings is 2. The Morgan fingerprint density at radius 1 is 1.10 bits per heavy atom. The van der Waals surface area contributed by atoms with Crippen molar-refractivity contribution in [1.29, 1.82) is 0 Å². The zero-order valence-corrected chi connectivity index (χ0v) is 18.6. The predicted molar refractivity (Wildman–Crippen MR) is 117 cm³/mol. The smallest absolute Gasteiger partial charge is 0.261 e. The van der Waals surface area contributed by atoms with E-state index in [2.05, 4.69) is 36.0 Å². The number of anilines is 2. The van der Waals surface area contributed by atoms with Crippen LogP contribution in [0.4, 0.5) is 11.4 Å². The third-order valence-electron chi connectivity index (χ3n) is 4.49. The van der Waals surface area contributed by atoms with Gasteiger partial charge >= 0.3 is 0 Å². The largest absolute Gasteiger partial charge is 0.361 e. The summed E-state index contributed by atoms with van der Waals surface area (Å²) in [6.07, 6.45) is 1.31. The van der Waals surface area contributed by atoms with Crippen LogP contribution in [0, 0.1) is 6.92 Å². The van der Waals surface area contributed by atoms with Gasteiger partial charge < -0.3 is 9.84 Å². The number of amides is 1. The maximum atomic E-state index is 12.8. The van der Waals surface area contributed by atoms with Crippen LogP contribution in [0.25, 0.3) is 0 Å². The van der Waals surface area contributed by atoms with Gasteiger partial charge in [0, 0.05) is 5.69 Å². The number of aromatic nitrogens is 1. The van der Waals surface area contributed by atoms with E-state index in [4.69, 9.17) is 16.1 Å². The molecule has 0 unspecified atom stereocenters. The van der Waals surface area contributed by atoms with Crippen LogP contribution < -0.4 is 10.0 Å². The Morgan fingerprint density at radius 3 is 2.33 bits per heavy atom. The molecule has 158 valence electrons. The van der Waals surface area contributed by atoms with Crippen molar-refractivity contribution < 1.29 is 17.7 Å². The number of nitrogens with zero attached hydrogens (tertiary/aromatic N) is 1. The van der Waals surface area contributed by atoms with Crippen LogP contribution in [-0.4, -0.2) is 19.5 Å². The van der Waals surface area contributed by atoms with E-state index in [1.807, 2.05) is 0 Å². The molecule has 2 aromatic carbocycles. The molecule has 30 heavy (non-hydrogen) atoms. The molecule has 2 N–H and O–H groups in total. The van der Waals surface area contributed by atoms with Crippen molar-refractivity contribution in [2.45, 2.75) is 38.0 Å². The molecule has 3 rings (SSSR count). The van der Waals surface area contributed by atoms with Crippen LogP contribution in [-0.2, 0) is 15.4 Å². The molecule has 7 nitrogen and oxygen atoms in total. The molecule has 0 spiro atoms. The van der Waals surface area contributed by atoms with Crippen LogP contribution in [0.2, 0.25) is 5.02 Å². The first-order valence-corrected chi connectivity index (χ1v) is 11.0. The minimum Gasteiger partial charge on any atom is -0.361 e. The molecule has 0 saturated carbocycles. The molecular formula is C21H22ClN3O4S. The summed E-state index contributed by atoms with van der Waals surface area (Å²) in [5.74, 6) is -0.0521. The molecule has 0 atom stereocenters.